The molecular weight excluding hydrogens is 1480 g/mol. The number of aliphatic imine (C=N–C) groups is 1. The van der Waals surface area contributed by atoms with Crippen LogP contribution in [0.5, 0.6) is 11.5 Å². The quantitative estimate of drug-likeness (QED) is 0.00930. The third kappa shape index (κ3) is 21.8. The van der Waals surface area contributed by atoms with E-state index in [1.807, 2.05) is 60.7 Å². The van der Waals surface area contributed by atoms with Crippen molar-refractivity contribution in [2.24, 2.45) is 4.99 Å². The second kappa shape index (κ2) is 38.3. The maximum atomic E-state index is 14.5. The molecular formula is C67H55Cl5F4N20O9. The zero-order valence-electron chi connectivity index (χ0n) is 54.6. The predicted octanol–water partition coefficient (Wildman–Crippen LogP) is 13.5. The molecule has 1 aliphatic heterocycles. The van der Waals surface area contributed by atoms with Crippen molar-refractivity contribution < 1.29 is 51.2 Å². The Labute approximate surface area is 616 Å². The van der Waals surface area contributed by atoms with Crippen LogP contribution in [-0.4, -0.2) is 131 Å². The Morgan fingerprint density at radius 2 is 0.962 bits per heavy atom. The van der Waals surface area contributed by atoms with Crippen molar-refractivity contribution in [3.05, 3.63) is 264 Å². The van der Waals surface area contributed by atoms with Crippen molar-refractivity contribution >= 4 is 131 Å². The van der Waals surface area contributed by atoms with E-state index in [9.17, 15) is 42.6 Å². The fourth-order valence-corrected chi connectivity index (χ4v) is 9.55. The van der Waals surface area contributed by atoms with E-state index >= 15 is 0 Å². The minimum atomic E-state index is -0.731. The van der Waals surface area contributed by atoms with Crippen molar-refractivity contribution in [1.29, 1.82) is 0 Å². The molecule has 0 saturated heterocycles. The van der Waals surface area contributed by atoms with Crippen LogP contribution >= 0.6 is 58.0 Å². The molecule has 0 amide bonds. The zero-order valence-corrected chi connectivity index (χ0v) is 58.4. The van der Waals surface area contributed by atoms with Gasteiger partial charge in [-0.2, -0.15) is 25.3 Å². The number of nitrogens with two attached hydrogens (primary N) is 3. The van der Waals surface area contributed by atoms with Gasteiger partial charge in [-0.15, -0.1) is 0 Å². The molecule has 540 valence electrons. The second-order valence-electron chi connectivity index (χ2n) is 20.7. The van der Waals surface area contributed by atoms with Gasteiger partial charge in [0.2, 0.25) is 21.1 Å². The number of carbonyl (C=O) groups excluding carboxylic acids is 1. The van der Waals surface area contributed by atoms with Crippen molar-refractivity contribution in [3.8, 4) is 29.0 Å². The maximum absolute atomic E-state index is 14.5. The number of anilines is 3. The molecule has 29 nitrogen and oxygen atoms in total. The number of allylic oxidation sites excluding steroid dienone is 1. The molecule has 0 spiro atoms. The third-order valence-electron chi connectivity index (χ3n) is 13.8. The molecule has 0 aliphatic carbocycles. The Bertz CT molecular complexity index is 5220. The molecule has 0 bridgehead atoms. The Kier molecular flexibility index (Phi) is 28.7. The largest absolute Gasteiger partial charge is 0.491 e. The molecule has 14 rings (SSSR count). The van der Waals surface area contributed by atoms with Gasteiger partial charge in [-0.3, -0.25) is 30.0 Å². The summed E-state index contributed by atoms with van der Waals surface area (Å²) in [6, 6.07) is 35.0. The van der Waals surface area contributed by atoms with Gasteiger partial charge in [0.05, 0.1) is 100 Å². The first-order valence-corrected chi connectivity index (χ1v) is 31.9. The maximum Gasteiger partial charge on any atom is 0.280 e. The topological polar surface area (TPSA) is 387 Å². The summed E-state index contributed by atoms with van der Waals surface area (Å²) in [6.45, 7) is 5.83. The van der Waals surface area contributed by atoms with Gasteiger partial charge in [-0.1, -0.05) is 60.6 Å². The number of rotatable bonds is 16. The van der Waals surface area contributed by atoms with Gasteiger partial charge in [0.15, 0.2) is 45.9 Å². The number of nitro benzene ring substituents is 2. The monoisotopic (exact) mass is 1530 g/mol. The van der Waals surface area contributed by atoms with E-state index in [2.05, 4.69) is 66.7 Å². The summed E-state index contributed by atoms with van der Waals surface area (Å²) in [4.78, 5) is 63.8. The number of nitrogens with zero attached hydrogens (tertiary/aromatic N) is 17. The summed E-state index contributed by atoms with van der Waals surface area (Å²) in [6.07, 6.45) is 11.5. The average molecular weight is 1540 g/mol. The average Bonchev–Trinajstić information content (AvgIpc) is 1.67. The van der Waals surface area contributed by atoms with Crippen LogP contribution in [-0.2, 0) is 27.2 Å². The number of aromatic nitrogens is 14. The van der Waals surface area contributed by atoms with Gasteiger partial charge in [0.1, 0.15) is 30.5 Å². The Morgan fingerprint density at radius 3 is 1.43 bits per heavy atom. The minimum Gasteiger partial charge on any atom is -0.491 e. The first-order chi connectivity index (χ1) is 50.5. The van der Waals surface area contributed by atoms with Crippen LogP contribution in [0.15, 0.2) is 182 Å². The Balaban J connectivity index is 0.000000163. The minimum absolute atomic E-state index is 0.00407. The number of hydrogen-bond acceptors (Lipinski definition) is 24. The lowest BCUT2D eigenvalue weighted by Gasteiger charge is -2.08. The molecule has 7 aromatic heterocycles. The lowest BCUT2D eigenvalue weighted by Crippen LogP contribution is -2.08. The Hall–Kier alpha value is -12.0. The van der Waals surface area contributed by atoms with E-state index < -0.39 is 33.4 Å². The van der Waals surface area contributed by atoms with Crippen molar-refractivity contribution in [2.75, 3.05) is 57.8 Å². The third-order valence-corrected chi connectivity index (χ3v) is 14.8. The van der Waals surface area contributed by atoms with Gasteiger partial charge in [-0.25, -0.2) is 61.5 Å². The normalized spacial score (nSPS) is 10.8. The molecule has 38 heteroatoms. The molecule has 13 aromatic rings. The highest BCUT2D eigenvalue weighted by molar-refractivity contribution is 6.66. The van der Waals surface area contributed by atoms with Gasteiger partial charge in [-0.05, 0) is 130 Å². The van der Waals surface area contributed by atoms with E-state index in [1.54, 1.807) is 75.3 Å². The van der Waals surface area contributed by atoms with E-state index in [1.165, 1.54) is 40.0 Å². The van der Waals surface area contributed by atoms with Gasteiger partial charge >= 0.3 is 0 Å². The van der Waals surface area contributed by atoms with Crippen LogP contribution in [0.25, 0.3) is 50.2 Å². The first-order valence-electron chi connectivity index (χ1n) is 30.0. The highest BCUT2D eigenvalue weighted by Gasteiger charge is 2.21. The van der Waals surface area contributed by atoms with Crippen LogP contribution in [0, 0.1) is 43.5 Å². The number of nitro groups is 2. The van der Waals surface area contributed by atoms with Crippen molar-refractivity contribution in [1.82, 2.24) is 69.2 Å². The van der Waals surface area contributed by atoms with Gasteiger partial charge in [0.25, 0.3) is 11.4 Å². The number of benzene rings is 6. The summed E-state index contributed by atoms with van der Waals surface area (Å²) < 4.78 is 78.7. The number of non-ortho nitro benzene ring substituents is 1. The molecule has 0 radical (unpaired) electrons. The smallest absolute Gasteiger partial charge is 0.280 e. The van der Waals surface area contributed by atoms with E-state index in [4.69, 9.17) is 94.2 Å². The predicted molar refractivity (Wildman–Crippen MR) is 388 cm³/mol. The number of methoxy groups -OCH3 is 2. The van der Waals surface area contributed by atoms with Crippen molar-refractivity contribution in [3.63, 3.8) is 0 Å². The van der Waals surface area contributed by atoms with Crippen LogP contribution < -0.4 is 26.7 Å². The number of hydrogen-bond donors (Lipinski definition) is 3. The van der Waals surface area contributed by atoms with Crippen LogP contribution in [0.2, 0.25) is 21.0 Å². The fraction of sp³-hybridized carbons (Fsp3) is 0.119. The number of ether oxygens (including phenoxy) is 4. The summed E-state index contributed by atoms with van der Waals surface area (Å²) in [5.41, 5.74) is 23.5. The standard InChI is InChI=1S/C21H20FN5O2.C11H5ClFN5O2.C11H7ClFN5.C9H13NO2.C8H6N2O2.C4HCl2FN2.C3H3ClO/c1-28-9-10-29-15-7-5-14(6-8-15)11-20-24-13-17(22)21(26-20)27-19-4-2-3-18(23)16(19)12-25-27;12-11-14-5-7(13)10(16-11)17-8-2-1-3-9(18(19)20)6(8)4-15-17;12-11-15-5-7(13)10(17-11)18-9-3-1-2-8(14)6(9)4-16-18;1-11-6-7-12-9-4-2-8(10)3-5-9;11-10(12)8-3-1-2-6-4-9-5-7(6)8;5-3-2(7)1-8-4(6)9-3;1-2-3(4)5/h2-8,12-13H,9-11,23H2,1H3;1-5H;1-5H,14H2;2-5H,6-7,10H2,1H3;1-3,5H,4H2;1H;2H,1H2. The molecule has 0 atom stereocenters. The van der Waals surface area contributed by atoms with E-state index in [0.717, 1.165) is 68.4 Å². The van der Waals surface area contributed by atoms with E-state index in [0.29, 0.717) is 78.7 Å². The van der Waals surface area contributed by atoms with E-state index in [-0.39, 0.29) is 60.1 Å². The lowest BCUT2D eigenvalue weighted by atomic mass is 10.1. The molecule has 105 heavy (non-hydrogen) atoms. The number of fused-ring (bicyclic) bond motifs is 4. The highest BCUT2D eigenvalue weighted by atomic mass is 35.5. The molecule has 8 heterocycles. The van der Waals surface area contributed by atoms with Crippen LogP contribution in [0.4, 0.5) is 46.0 Å². The summed E-state index contributed by atoms with van der Waals surface area (Å²) in [5.74, 6) is -0.566. The summed E-state index contributed by atoms with van der Waals surface area (Å²) in [7, 11) is 3.27. The van der Waals surface area contributed by atoms with Gasteiger partial charge in [0, 0.05) is 66.8 Å². The molecule has 0 saturated carbocycles. The van der Waals surface area contributed by atoms with Crippen LogP contribution in [0.3, 0.4) is 0 Å². The second-order valence-corrected chi connectivity index (χ2v) is 22.5. The lowest BCUT2D eigenvalue weighted by molar-refractivity contribution is -0.385. The molecule has 6 aromatic carbocycles. The summed E-state index contributed by atoms with van der Waals surface area (Å²) in [5, 5.41) is 34.5. The Morgan fingerprint density at radius 1 is 0.543 bits per heavy atom. The zero-order chi connectivity index (χ0) is 75.7. The molecule has 0 unspecified atom stereocenters. The molecule has 1 aliphatic rings. The molecule has 0 fully saturated rings. The summed E-state index contributed by atoms with van der Waals surface area (Å²) >= 11 is 26.4. The number of carbonyl (C=O) groups is 1. The van der Waals surface area contributed by atoms with Crippen LogP contribution in [0.1, 0.15) is 22.5 Å². The first kappa shape index (κ1) is 78.7. The van der Waals surface area contributed by atoms with Crippen molar-refractivity contribution in [2.45, 2.75) is 13.0 Å². The van der Waals surface area contributed by atoms with Gasteiger partial charge < -0.3 is 36.1 Å². The number of halogens is 9. The fourth-order valence-electron chi connectivity index (χ4n) is 8.99. The molecule has 6 N–H and O–H groups in total. The SMILES string of the molecule is C=CC(=O)Cl.COCCOc1ccc(Cc2ncc(F)c(-n3ncc4c(N)cccc43)n2)cc1.COCCOc1ccc(N)cc1.Fc1cnc(Cl)nc1Cl.Nc1cccc2c1cnn2-c1nc(Cl)ncc1F.O=[N+]([O-])c1cccc2c1C=NC2.O=[N+]([O-])c1cccc2c1cnn2-c1nc(Cl)ncc1F. The number of nitrogen functional groups attached to an aromatic ring is 3. The highest BCUT2D eigenvalue weighted by Crippen LogP contribution is 2.30.